The highest BCUT2D eigenvalue weighted by Crippen LogP contribution is 2.27. The molecule has 3 aromatic rings. The summed E-state index contributed by atoms with van der Waals surface area (Å²) in [6.45, 7) is 2.01. The standard InChI is InChI=1S/C28H30N2O6/c1-2-8-23-24(27(34)35)30(25(31)20-9-4-3-5-10-20)28(36)29(23)17-18-13-15-19(16-14-18)21-11-6-7-12-22(21)26(32)33/h6-7,11-16,20H,2-5,8-10,17H2,1H3,(H,32,33)(H,34,35). The molecule has 2 N–H and O–H groups in total. The number of hydrogen-bond acceptors (Lipinski definition) is 4. The first-order valence-electron chi connectivity index (χ1n) is 12.4. The minimum atomic E-state index is -1.28. The van der Waals surface area contributed by atoms with E-state index in [0.717, 1.165) is 29.4 Å². The zero-order valence-corrected chi connectivity index (χ0v) is 20.3. The third kappa shape index (κ3) is 4.89. The number of rotatable bonds is 8. The number of benzene rings is 2. The molecule has 0 aliphatic heterocycles. The fourth-order valence-corrected chi connectivity index (χ4v) is 5.09. The van der Waals surface area contributed by atoms with E-state index in [4.69, 9.17) is 0 Å². The van der Waals surface area contributed by atoms with Crippen LogP contribution in [0.15, 0.2) is 53.3 Å². The van der Waals surface area contributed by atoms with Crippen molar-refractivity contribution in [3.05, 3.63) is 81.5 Å². The van der Waals surface area contributed by atoms with Crippen LogP contribution < -0.4 is 5.69 Å². The van der Waals surface area contributed by atoms with Crippen LogP contribution in [-0.2, 0) is 13.0 Å². The number of aromatic nitrogens is 2. The molecule has 1 aliphatic rings. The summed E-state index contributed by atoms with van der Waals surface area (Å²) < 4.78 is 2.29. The Hall–Kier alpha value is -3.94. The summed E-state index contributed by atoms with van der Waals surface area (Å²) in [7, 11) is 0. The van der Waals surface area contributed by atoms with Gasteiger partial charge in [-0.25, -0.2) is 19.0 Å². The van der Waals surface area contributed by atoms with Gasteiger partial charge in [-0.3, -0.25) is 9.36 Å². The van der Waals surface area contributed by atoms with Crippen LogP contribution in [-0.4, -0.2) is 37.2 Å². The zero-order chi connectivity index (χ0) is 25.8. The Morgan fingerprint density at radius 2 is 1.58 bits per heavy atom. The van der Waals surface area contributed by atoms with E-state index < -0.39 is 23.5 Å². The van der Waals surface area contributed by atoms with Gasteiger partial charge in [-0.2, -0.15) is 0 Å². The number of carbonyl (C=O) groups excluding carboxylic acids is 1. The van der Waals surface area contributed by atoms with E-state index in [9.17, 15) is 29.4 Å². The fraction of sp³-hybridized carbons (Fsp3) is 0.357. The van der Waals surface area contributed by atoms with E-state index in [0.29, 0.717) is 42.5 Å². The number of nitrogens with zero attached hydrogens (tertiary/aromatic N) is 2. The second kappa shape index (κ2) is 10.8. The lowest BCUT2D eigenvalue weighted by molar-refractivity contribution is 0.0656. The molecule has 36 heavy (non-hydrogen) atoms. The van der Waals surface area contributed by atoms with Crippen LogP contribution in [0.3, 0.4) is 0 Å². The maximum atomic E-state index is 13.5. The predicted molar refractivity (Wildman–Crippen MR) is 135 cm³/mol. The zero-order valence-electron chi connectivity index (χ0n) is 20.3. The Morgan fingerprint density at radius 3 is 2.19 bits per heavy atom. The lowest BCUT2D eigenvalue weighted by Crippen LogP contribution is -2.35. The smallest absolute Gasteiger partial charge is 0.354 e. The molecule has 0 saturated heterocycles. The van der Waals surface area contributed by atoms with E-state index in [1.54, 1.807) is 48.5 Å². The number of hydrogen-bond donors (Lipinski definition) is 2. The van der Waals surface area contributed by atoms with Crippen molar-refractivity contribution in [2.24, 2.45) is 5.92 Å². The normalized spacial score (nSPS) is 14.0. The molecule has 1 aromatic heterocycles. The van der Waals surface area contributed by atoms with Crippen LogP contribution in [0, 0.1) is 5.92 Å². The van der Waals surface area contributed by atoms with Crippen molar-refractivity contribution >= 4 is 17.8 Å². The van der Waals surface area contributed by atoms with Gasteiger partial charge in [-0.05, 0) is 42.0 Å². The molecule has 0 atom stereocenters. The highest BCUT2D eigenvalue weighted by atomic mass is 16.4. The van der Waals surface area contributed by atoms with Crippen LogP contribution in [0.5, 0.6) is 0 Å². The topological polar surface area (TPSA) is 119 Å². The Morgan fingerprint density at radius 1 is 0.917 bits per heavy atom. The maximum absolute atomic E-state index is 13.5. The minimum absolute atomic E-state index is 0.111. The third-order valence-corrected chi connectivity index (χ3v) is 6.87. The van der Waals surface area contributed by atoms with Crippen molar-refractivity contribution in [2.45, 2.75) is 58.4 Å². The third-order valence-electron chi connectivity index (χ3n) is 6.87. The summed E-state index contributed by atoms with van der Waals surface area (Å²) >= 11 is 0. The Labute approximate surface area is 208 Å². The SMILES string of the molecule is CCCc1c(C(=O)O)n(C(=O)C2CCCCC2)c(=O)n1Cc1ccc(-c2ccccc2C(=O)O)cc1. The summed E-state index contributed by atoms with van der Waals surface area (Å²) in [6.07, 6.45) is 5.13. The van der Waals surface area contributed by atoms with Gasteiger partial charge in [0.2, 0.25) is 5.91 Å². The average Bonchev–Trinajstić information content (AvgIpc) is 3.16. The number of imidazole rings is 1. The molecular formula is C28H30N2O6. The van der Waals surface area contributed by atoms with Crippen LogP contribution in [0.1, 0.15) is 82.3 Å². The Kier molecular flexibility index (Phi) is 7.52. The number of aromatic carboxylic acids is 2. The quantitative estimate of drug-likeness (QED) is 0.462. The lowest BCUT2D eigenvalue weighted by atomic mass is 9.88. The van der Waals surface area contributed by atoms with Gasteiger partial charge in [0.25, 0.3) is 0 Å². The van der Waals surface area contributed by atoms with Gasteiger partial charge in [0.1, 0.15) is 0 Å². The van der Waals surface area contributed by atoms with Crippen LogP contribution in [0.25, 0.3) is 11.1 Å². The van der Waals surface area contributed by atoms with Crippen LogP contribution in [0.2, 0.25) is 0 Å². The van der Waals surface area contributed by atoms with Crippen molar-refractivity contribution in [3.63, 3.8) is 0 Å². The van der Waals surface area contributed by atoms with E-state index in [2.05, 4.69) is 0 Å². The predicted octanol–water partition coefficient (Wildman–Crippen LogP) is 4.93. The fourth-order valence-electron chi connectivity index (χ4n) is 5.09. The first kappa shape index (κ1) is 25.2. The number of carboxylic acids is 2. The summed E-state index contributed by atoms with van der Waals surface area (Å²) in [6, 6.07) is 13.9. The van der Waals surface area contributed by atoms with Gasteiger partial charge in [-0.15, -0.1) is 0 Å². The lowest BCUT2D eigenvalue weighted by Gasteiger charge is -2.20. The molecule has 1 fully saturated rings. The second-order valence-corrected chi connectivity index (χ2v) is 9.28. The van der Waals surface area contributed by atoms with Crippen molar-refractivity contribution < 1.29 is 24.6 Å². The van der Waals surface area contributed by atoms with Gasteiger partial charge >= 0.3 is 17.6 Å². The number of carboxylic acid groups (broad SMARTS) is 2. The average molecular weight is 491 g/mol. The van der Waals surface area contributed by atoms with E-state index in [1.807, 2.05) is 6.92 Å². The summed E-state index contributed by atoms with van der Waals surface area (Å²) in [5, 5.41) is 19.5. The van der Waals surface area contributed by atoms with Crippen LogP contribution in [0.4, 0.5) is 0 Å². The molecule has 2 aromatic carbocycles. The summed E-state index contributed by atoms with van der Waals surface area (Å²) in [5.74, 6) is -3.06. The second-order valence-electron chi connectivity index (χ2n) is 9.28. The molecule has 0 unspecified atom stereocenters. The summed E-state index contributed by atoms with van der Waals surface area (Å²) in [4.78, 5) is 50.6. The first-order valence-corrected chi connectivity index (χ1v) is 12.4. The van der Waals surface area contributed by atoms with Gasteiger partial charge < -0.3 is 10.2 Å². The van der Waals surface area contributed by atoms with Crippen molar-refractivity contribution in [1.82, 2.24) is 9.13 Å². The molecule has 8 nitrogen and oxygen atoms in total. The van der Waals surface area contributed by atoms with Crippen molar-refractivity contribution in [3.8, 4) is 11.1 Å². The summed E-state index contributed by atoms with van der Waals surface area (Å²) in [5.41, 5.74) is 1.73. The largest absolute Gasteiger partial charge is 0.478 e. The van der Waals surface area contributed by atoms with Gasteiger partial charge in [0.05, 0.1) is 17.8 Å². The molecule has 8 heteroatoms. The van der Waals surface area contributed by atoms with Gasteiger partial charge in [0, 0.05) is 5.92 Å². The van der Waals surface area contributed by atoms with Crippen molar-refractivity contribution in [1.29, 1.82) is 0 Å². The van der Waals surface area contributed by atoms with Crippen molar-refractivity contribution in [2.75, 3.05) is 0 Å². The van der Waals surface area contributed by atoms with E-state index >= 15 is 0 Å². The molecule has 0 amide bonds. The molecule has 1 aliphatic carbocycles. The molecule has 1 heterocycles. The van der Waals surface area contributed by atoms with Gasteiger partial charge in [0.15, 0.2) is 5.69 Å². The Bertz CT molecular complexity index is 1340. The molecule has 0 bridgehead atoms. The molecule has 0 radical (unpaired) electrons. The van der Waals surface area contributed by atoms with E-state index in [1.165, 1.54) is 4.57 Å². The molecule has 1 saturated carbocycles. The monoisotopic (exact) mass is 490 g/mol. The molecule has 0 spiro atoms. The highest BCUT2D eigenvalue weighted by Gasteiger charge is 2.32. The molecular weight excluding hydrogens is 460 g/mol. The molecule has 4 rings (SSSR count). The van der Waals surface area contributed by atoms with Crippen LogP contribution >= 0.6 is 0 Å². The minimum Gasteiger partial charge on any atom is -0.478 e. The Balaban J connectivity index is 1.72. The van der Waals surface area contributed by atoms with E-state index in [-0.39, 0.29) is 23.7 Å². The van der Waals surface area contributed by atoms with Gasteiger partial charge in [-0.1, -0.05) is 75.1 Å². The number of carbonyl (C=O) groups is 3. The maximum Gasteiger partial charge on any atom is 0.354 e. The highest BCUT2D eigenvalue weighted by molar-refractivity contribution is 5.96. The molecule has 188 valence electrons. The first-order chi connectivity index (χ1) is 17.3.